The van der Waals surface area contributed by atoms with Gasteiger partial charge >= 0.3 is 0 Å². The van der Waals surface area contributed by atoms with Crippen LogP contribution in [-0.4, -0.2) is 43.0 Å². The van der Waals surface area contributed by atoms with Gasteiger partial charge in [0, 0.05) is 31.2 Å². The number of rotatable bonds is 6. The molecule has 1 aromatic rings. The molecule has 1 aliphatic heterocycles. The number of piperidine rings is 1. The first-order valence-electron chi connectivity index (χ1n) is 8.70. The van der Waals surface area contributed by atoms with Crippen molar-refractivity contribution in [3.05, 3.63) is 24.3 Å². The number of nitrogens with two attached hydrogens (primary N) is 1. The van der Waals surface area contributed by atoms with Gasteiger partial charge in [0.25, 0.3) is 0 Å². The predicted molar refractivity (Wildman–Crippen MR) is 91.6 cm³/mol. The molecule has 6 nitrogen and oxygen atoms in total. The van der Waals surface area contributed by atoms with Crippen molar-refractivity contribution in [2.24, 2.45) is 17.6 Å². The van der Waals surface area contributed by atoms with Gasteiger partial charge in [-0.15, -0.1) is 0 Å². The first kappa shape index (κ1) is 16.8. The summed E-state index contributed by atoms with van der Waals surface area (Å²) < 4.78 is 5.42. The Morgan fingerprint density at radius 1 is 1.17 bits per heavy atom. The fraction of sp³-hybridized carbons (Fsp3) is 0.556. The van der Waals surface area contributed by atoms with Gasteiger partial charge in [0.05, 0.1) is 5.92 Å². The van der Waals surface area contributed by atoms with E-state index < -0.39 is 0 Å². The molecule has 1 saturated heterocycles. The van der Waals surface area contributed by atoms with Crippen LogP contribution in [0.1, 0.15) is 25.7 Å². The summed E-state index contributed by atoms with van der Waals surface area (Å²) in [5.41, 5.74) is 6.14. The normalized spacial score (nSPS) is 20.5. The third-order valence-electron chi connectivity index (χ3n) is 4.54. The molecule has 1 atom stereocenters. The number of anilines is 1. The molecule has 0 radical (unpaired) electrons. The molecule has 24 heavy (non-hydrogen) atoms. The van der Waals surface area contributed by atoms with Gasteiger partial charge in [0.2, 0.25) is 11.8 Å². The first-order chi connectivity index (χ1) is 11.7. The standard InChI is InChI=1S/C18H25N3O3/c19-9-11-24-16-7-5-15(6-8-16)20-17(22)14-2-1-10-21(12-14)18(23)13-3-4-13/h5-8,13-14H,1-4,9-12,19H2,(H,20,22). The van der Waals surface area contributed by atoms with Crippen LogP contribution in [0.25, 0.3) is 0 Å². The third-order valence-corrected chi connectivity index (χ3v) is 4.54. The maximum atomic E-state index is 12.5. The first-order valence-corrected chi connectivity index (χ1v) is 8.70. The van der Waals surface area contributed by atoms with Gasteiger partial charge in [-0.25, -0.2) is 0 Å². The molecular formula is C18H25N3O3. The fourth-order valence-electron chi connectivity index (χ4n) is 3.04. The van der Waals surface area contributed by atoms with E-state index >= 15 is 0 Å². The summed E-state index contributed by atoms with van der Waals surface area (Å²) in [7, 11) is 0. The Morgan fingerprint density at radius 2 is 1.92 bits per heavy atom. The number of nitrogens with one attached hydrogen (secondary N) is 1. The molecule has 1 saturated carbocycles. The molecule has 1 unspecified atom stereocenters. The van der Waals surface area contributed by atoms with Crippen LogP contribution in [0.15, 0.2) is 24.3 Å². The molecular weight excluding hydrogens is 306 g/mol. The fourth-order valence-corrected chi connectivity index (χ4v) is 3.04. The number of hydrogen-bond donors (Lipinski definition) is 2. The van der Waals surface area contributed by atoms with Crippen LogP contribution in [0, 0.1) is 11.8 Å². The molecule has 0 aromatic heterocycles. The van der Waals surface area contributed by atoms with E-state index in [-0.39, 0.29) is 23.7 Å². The van der Waals surface area contributed by atoms with Gasteiger partial charge in [0.1, 0.15) is 12.4 Å². The predicted octanol–water partition coefficient (Wildman–Crippen LogP) is 1.61. The van der Waals surface area contributed by atoms with Crippen LogP contribution in [0.5, 0.6) is 5.75 Å². The summed E-state index contributed by atoms with van der Waals surface area (Å²) in [6.07, 6.45) is 3.73. The van der Waals surface area contributed by atoms with Gasteiger partial charge in [-0.3, -0.25) is 9.59 Å². The van der Waals surface area contributed by atoms with Gasteiger partial charge in [0.15, 0.2) is 0 Å². The van der Waals surface area contributed by atoms with E-state index in [2.05, 4.69) is 5.32 Å². The maximum Gasteiger partial charge on any atom is 0.229 e. The highest BCUT2D eigenvalue weighted by Crippen LogP contribution is 2.32. The minimum absolute atomic E-state index is 0.0149. The van der Waals surface area contributed by atoms with Crippen LogP contribution < -0.4 is 15.8 Å². The number of ether oxygens (including phenoxy) is 1. The lowest BCUT2D eigenvalue weighted by Gasteiger charge is -2.32. The number of likely N-dealkylation sites (tertiary alicyclic amines) is 1. The van der Waals surface area contributed by atoms with Crippen LogP contribution in [-0.2, 0) is 9.59 Å². The van der Waals surface area contributed by atoms with Crippen molar-refractivity contribution in [1.29, 1.82) is 0 Å². The zero-order valence-corrected chi connectivity index (χ0v) is 13.9. The zero-order chi connectivity index (χ0) is 16.9. The van der Waals surface area contributed by atoms with E-state index in [1.54, 1.807) is 0 Å². The molecule has 3 rings (SSSR count). The van der Waals surface area contributed by atoms with Gasteiger partial charge in [-0.2, -0.15) is 0 Å². The lowest BCUT2D eigenvalue weighted by molar-refractivity contribution is -0.135. The van der Waals surface area contributed by atoms with Crippen molar-refractivity contribution in [3.63, 3.8) is 0 Å². The van der Waals surface area contributed by atoms with Crippen LogP contribution in [0.4, 0.5) is 5.69 Å². The van der Waals surface area contributed by atoms with Crippen molar-refractivity contribution in [3.8, 4) is 5.75 Å². The summed E-state index contributed by atoms with van der Waals surface area (Å²) in [4.78, 5) is 26.5. The Labute approximate surface area is 142 Å². The van der Waals surface area contributed by atoms with E-state index in [1.807, 2.05) is 29.2 Å². The Morgan fingerprint density at radius 3 is 2.58 bits per heavy atom. The topological polar surface area (TPSA) is 84.7 Å². The van der Waals surface area contributed by atoms with Crippen LogP contribution in [0.3, 0.4) is 0 Å². The highest BCUT2D eigenvalue weighted by atomic mass is 16.5. The minimum Gasteiger partial charge on any atom is -0.492 e. The van der Waals surface area contributed by atoms with Crippen LogP contribution in [0.2, 0.25) is 0 Å². The number of nitrogens with zero attached hydrogens (tertiary/aromatic N) is 1. The van der Waals surface area contributed by atoms with Crippen molar-refractivity contribution < 1.29 is 14.3 Å². The molecule has 0 spiro atoms. The van der Waals surface area contributed by atoms with Crippen LogP contribution >= 0.6 is 0 Å². The quantitative estimate of drug-likeness (QED) is 0.829. The second kappa shape index (κ2) is 7.66. The van der Waals surface area contributed by atoms with E-state index in [9.17, 15) is 9.59 Å². The number of hydrogen-bond acceptors (Lipinski definition) is 4. The molecule has 130 valence electrons. The Balaban J connectivity index is 1.52. The van der Waals surface area contributed by atoms with E-state index in [4.69, 9.17) is 10.5 Å². The summed E-state index contributed by atoms with van der Waals surface area (Å²) in [5.74, 6) is 1.03. The molecule has 0 bridgehead atoms. The van der Waals surface area contributed by atoms with Crippen molar-refractivity contribution in [2.45, 2.75) is 25.7 Å². The molecule has 2 aliphatic rings. The number of amides is 2. The van der Waals surface area contributed by atoms with Crippen molar-refractivity contribution >= 4 is 17.5 Å². The van der Waals surface area contributed by atoms with Gasteiger partial charge < -0.3 is 20.7 Å². The average molecular weight is 331 g/mol. The Hall–Kier alpha value is -2.08. The largest absolute Gasteiger partial charge is 0.492 e. The third kappa shape index (κ3) is 4.26. The highest BCUT2D eigenvalue weighted by molar-refractivity contribution is 5.93. The van der Waals surface area contributed by atoms with Crippen molar-refractivity contribution in [2.75, 3.05) is 31.6 Å². The summed E-state index contributed by atoms with van der Waals surface area (Å²) >= 11 is 0. The number of benzene rings is 1. The minimum atomic E-state index is -0.130. The molecule has 1 aromatic carbocycles. The molecule has 1 aliphatic carbocycles. The molecule has 1 heterocycles. The lowest BCUT2D eigenvalue weighted by Crippen LogP contribution is -2.44. The SMILES string of the molecule is NCCOc1ccc(NC(=O)C2CCCN(C(=O)C3CC3)C2)cc1. The summed E-state index contributed by atoms with van der Waals surface area (Å²) in [6.45, 7) is 2.26. The Bertz CT molecular complexity index is 584. The Kier molecular flexibility index (Phi) is 5.35. The van der Waals surface area contributed by atoms with Gasteiger partial charge in [-0.1, -0.05) is 0 Å². The smallest absolute Gasteiger partial charge is 0.229 e. The molecule has 6 heteroatoms. The van der Waals surface area contributed by atoms with E-state index in [0.29, 0.717) is 19.7 Å². The number of carbonyl (C=O) groups is 2. The van der Waals surface area contributed by atoms with Gasteiger partial charge in [-0.05, 0) is 49.9 Å². The molecule has 3 N–H and O–H groups in total. The summed E-state index contributed by atoms with van der Waals surface area (Å²) in [5, 5.41) is 2.94. The zero-order valence-electron chi connectivity index (χ0n) is 13.9. The summed E-state index contributed by atoms with van der Waals surface area (Å²) in [6, 6.07) is 7.27. The number of carbonyl (C=O) groups excluding carboxylic acids is 2. The average Bonchev–Trinajstić information content (AvgIpc) is 3.45. The monoisotopic (exact) mass is 331 g/mol. The lowest BCUT2D eigenvalue weighted by atomic mass is 9.96. The van der Waals surface area contributed by atoms with E-state index in [0.717, 1.165) is 43.7 Å². The second-order valence-corrected chi connectivity index (χ2v) is 6.55. The van der Waals surface area contributed by atoms with E-state index in [1.165, 1.54) is 0 Å². The molecule has 2 fully saturated rings. The van der Waals surface area contributed by atoms with Crippen molar-refractivity contribution in [1.82, 2.24) is 4.90 Å². The molecule has 2 amide bonds. The maximum absolute atomic E-state index is 12.5. The second-order valence-electron chi connectivity index (χ2n) is 6.55. The highest BCUT2D eigenvalue weighted by Gasteiger charge is 2.36.